The first-order chi connectivity index (χ1) is 23.7. The molecular formula is C39H38ClN3O5S. The van der Waals surface area contributed by atoms with Gasteiger partial charge in [0.1, 0.15) is 22.9 Å². The second-order valence-electron chi connectivity index (χ2n) is 11.7. The molecular weight excluding hydrogens is 658 g/mol. The Balaban J connectivity index is 1.29. The monoisotopic (exact) mass is 695 g/mol. The van der Waals surface area contributed by atoms with E-state index >= 15 is 0 Å². The number of carbonyl (C=O) groups is 2. The SMILES string of the molecule is CCOC(=O)c1c(CCCOc2cc(SCc3ccc(OC)cc3)cc3ccccc23)c2ccc(Cl)c(-c3c(C=O)nn(C)c3C)c2n1C. The maximum absolute atomic E-state index is 13.4. The molecule has 10 heteroatoms. The van der Waals surface area contributed by atoms with Crippen molar-refractivity contribution in [3.8, 4) is 22.6 Å². The van der Waals surface area contributed by atoms with Crippen molar-refractivity contribution in [2.45, 2.75) is 37.3 Å². The van der Waals surface area contributed by atoms with Crippen LogP contribution in [0.1, 0.15) is 51.1 Å². The first-order valence-corrected chi connectivity index (χ1v) is 17.5. The lowest BCUT2D eigenvalue weighted by Gasteiger charge is -2.13. The fourth-order valence-corrected chi connectivity index (χ4v) is 7.52. The maximum atomic E-state index is 13.4. The van der Waals surface area contributed by atoms with E-state index in [0.29, 0.717) is 47.0 Å². The molecule has 6 rings (SSSR count). The smallest absolute Gasteiger partial charge is 0.355 e. The van der Waals surface area contributed by atoms with Crippen LogP contribution in [-0.2, 0) is 31.0 Å². The van der Waals surface area contributed by atoms with Gasteiger partial charge >= 0.3 is 5.97 Å². The van der Waals surface area contributed by atoms with Gasteiger partial charge in [-0.1, -0.05) is 54.1 Å². The van der Waals surface area contributed by atoms with Crippen LogP contribution < -0.4 is 9.47 Å². The van der Waals surface area contributed by atoms with E-state index < -0.39 is 5.97 Å². The van der Waals surface area contributed by atoms with Crippen molar-refractivity contribution < 1.29 is 23.8 Å². The van der Waals surface area contributed by atoms with Gasteiger partial charge in [-0.2, -0.15) is 5.10 Å². The number of thioether (sulfide) groups is 1. The number of halogens is 1. The molecule has 2 heterocycles. The van der Waals surface area contributed by atoms with Crippen LogP contribution in [0.5, 0.6) is 11.5 Å². The summed E-state index contributed by atoms with van der Waals surface area (Å²) in [5, 5.41) is 7.89. The van der Waals surface area contributed by atoms with Crippen LogP contribution in [0, 0.1) is 6.92 Å². The molecule has 49 heavy (non-hydrogen) atoms. The van der Waals surface area contributed by atoms with Crippen molar-refractivity contribution >= 4 is 57.3 Å². The molecule has 252 valence electrons. The number of aryl methyl sites for hydroxylation is 3. The van der Waals surface area contributed by atoms with Crippen LogP contribution >= 0.6 is 23.4 Å². The molecule has 6 aromatic rings. The van der Waals surface area contributed by atoms with Gasteiger partial charge in [0, 0.05) is 52.3 Å². The fraction of sp³-hybridized carbons (Fsp3) is 0.256. The third-order valence-corrected chi connectivity index (χ3v) is 10.2. The normalized spacial score (nSPS) is 11.3. The van der Waals surface area contributed by atoms with E-state index in [-0.39, 0.29) is 6.61 Å². The van der Waals surface area contributed by atoms with Crippen LogP contribution in [0.4, 0.5) is 0 Å². The summed E-state index contributed by atoms with van der Waals surface area (Å²) >= 11 is 8.60. The van der Waals surface area contributed by atoms with Crippen molar-refractivity contribution in [3.63, 3.8) is 0 Å². The molecule has 0 unspecified atom stereocenters. The van der Waals surface area contributed by atoms with Gasteiger partial charge in [0.2, 0.25) is 0 Å². The minimum Gasteiger partial charge on any atom is -0.497 e. The number of esters is 1. The lowest BCUT2D eigenvalue weighted by atomic mass is 9.98. The number of aldehydes is 1. The van der Waals surface area contributed by atoms with Gasteiger partial charge < -0.3 is 18.8 Å². The third kappa shape index (κ3) is 6.78. The minimum absolute atomic E-state index is 0.243. The predicted octanol–water partition coefficient (Wildman–Crippen LogP) is 9.00. The molecule has 0 atom stereocenters. The Kier molecular flexibility index (Phi) is 10.3. The van der Waals surface area contributed by atoms with Crippen molar-refractivity contribution in [1.82, 2.24) is 14.3 Å². The highest BCUT2D eigenvalue weighted by Gasteiger charge is 2.27. The number of hydrogen-bond acceptors (Lipinski definition) is 7. The molecule has 8 nitrogen and oxygen atoms in total. The number of aromatic nitrogens is 3. The largest absolute Gasteiger partial charge is 0.497 e. The van der Waals surface area contributed by atoms with Crippen LogP contribution in [0.2, 0.25) is 5.02 Å². The Hall–Kier alpha value is -4.73. The predicted molar refractivity (Wildman–Crippen MR) is 197 cm³/mol. The summed E-state index contributed by atoms with van der Waals surface area (Å²) in [4.78, 5) is 26.6. The number of benzene rings is 4. The zero-order valence-corrected chi connectivity index (χ0v) is 29.8. The van der Waals surface area contributed by atoms with Gasteiger partial charge in [-0.15, -0.1) is 11.8 Å². The lowest BCUT2D eigenvalue weighted by Crippen LogP contribution is -2.13. The summed E-state index contributed by atoms with van der Waals surface area (Å²) in [5.41, 5.74) is 5.66. The number of hydrogen-bond donors (Lipinski definition) is 0. The lowest BCUT2D eigenvalue weighted by molar-refractivity contribution is 0.0514. The van der Waals surface area contributed by atoms with E-state index in [1.807, 2.05) is 54.9 Å². The molecule has 0 amide bonds. The summed E-state index contributed by atoms with van der Waals surface area (Å²) in [6, 6.07) is 24.4. The van der Waals surface area contributed by atoms with Crippen molar-refractivity contribution in [2.24, 2.45) is 14.1 Å². The Labute approximate surface area is 294 Å². The topological polar surface area (TPSA) is 84.6 Å². The molecule has 0 N–H and O–H groups in total. The van der Waals surface area contributed by atoms with Gasteiger partial charge in [-0.3, -0.25) is 9.48 Å². The van der Waals surface area contributed by atoms with Crippen LogP contribution in [0.15, 0.2) is 77.7 Å². The van der Waals surface area contributed by atoms with Crippen molar-refractivity contribution in [2.75, 3.05) is 20.3 Å². The van der Waals surface area contributed by atoms with Gasteiger partial charge in [0.05, 0.1) is 30.9 Å². The van der Waals surface area contributed by atoms with Gasteiger partial charge in [-0.05, 0) is 73.5 Å². The quantitative estimate of drug-likeness (QED) is 0.0516. The van der Waals surface area contributed by atoms with E-state index in [2.05, 4.69) is 41.5 Å². The average molecular weight is 696 g/mol. The van der Waals surface area contributed by atoms with Gasteiger partial charge in [-0.25, -0.2) is 4.79 Å². The number of nitrogens with zero attached hydrogens (tertiary/aromatic N) is 3. The van der Waals surface area contributed by atoms with E-state index in [4.69, 9.17) is 25.8 Å². The number of carbonyl (C=O) groups excluding carboxylic acids is 2. The summed E-state index contributed by atoms with van der Waals surface area (Å²) in [6.07, 6.45) is 1.94. The Bertz CT molecular complexity index is 2170. The fourth-order valence-electron chi connectivity index (χ4n) is 6.35. The summed E-state index contributed by atoms with van der Waals surface area (Å²) in [6.45, 7) is 4.37. The molecule has 2 aromatic heterocycles. The maximum Gasteiger partial charge on any atom is 0.355 e. The molecule has 0 spiro atoms. The first kappa shape index (κ1) is 34.1. The van der Waals surface area contributed by atoms with Crippen molar-refractivity contribution in [3.05, 3.63) is 106 Å². The average Bonchev–Trinajstić information content (AvgIpc) is 3.56. The zero-order chi connectivity index (χ0) is 34.7. The Morgan fingerprint density at radius 3 is 2.51 bits per heavy atom. The molecule has 0 fully saturated rings. The summed E-state index contributed by atoms with van der Waals surface area (Å²) < 4.78 is 20.8. The Morgan fingerprint density at radius 2 is 1.78 bits per heavy atom. The molecule has 0 aliphatic carbocycles. The number of methoxy groups -OCH3 is 1. The highest BCUT2D eigenvalue weighted by atomic mass is 35.5. The molecule has 4 aromatic carbocycles. The first-order valence-electron chi connectivity index (χ1n) is 16.1. The number of fused-ring (bicyclic) bond motifs is 2. The summed E-state index contributed by atoms with van der Waals surface area (Å²) in [5.74, 6) is 2.07. The van der Waals surface area contributed by atoms with Gasteiger partial charge in [0.25, 0.3) is 0 Å². The second kappa shape index (κ2) is 14.8. The van der Waals surface area contributed by atoms with E-state index in [0.717, 1.165) is 61.4 Å². The van der Waals surface area contributed by atoms with Crippen LogP contribution in [0.3, 0.4) is 0 Å². The zero-order valence-electron chi connectivity index (χ0n) is 28.2. The molecule has 0 aliphatic rings. The molecule has 0 radical (unpaired) electrons. The van der Waals surface area contributed by atoms with Crippen LogP contribution in [0.25, 0.3) is 32.8 Å². The molecule has 0 saturated heterocycles. The van der Waals surface area contributed by atoms with Crippen LogP contribution in [-0.4, -0.2) is 46.9 Å². The molecule has 0 bridgehead atoms. The highest BCUT2D eigenvalue weighted by molar-refractivity contribution is 7.98. The second-order valence-corrected chi connectivity index (χ2v) is 13.2. The van der Waals surface area contributed by atoms with E-state index in [1.165, 1.54) is 5.56 Å². The molecule has 0 saturated carbocycles. The third-order valence-electron chi connectivity index (χ3n) is 8.79. The summed E-state index contributed by atoms with van der Waals surface area (Å²) in [7, 11) is 5.30. The number of ether oxygens (including phenoxy) is 3. The van der Waals surface area contributed by atoms with Gasteiger partial charge in [0.15, 0.2) is 6.29 Å². The number of rotatable bonds is 13. The van der Waals surface area contributed by atoms with Crippen molar-refractivity contribution in [1.29, 1.82) is 0 Å². The highest BCUT2D eigenvalue weighted by Crippen LogP contribution is 2.42. The standard InChI is InChI=1S/C39H38ClN3O5S/c1-6-47-39(45)38-30(31-17-18-32(40)36(37(31)42(38)3)35-24(2)43(4)41-33(35)22-44)12-9-19-48-34-21-28(20-26-10-7-8-11-29(26)34)49-23-25-13-15-27(46-5)16-14-25/h7-8,10-11,13-18,20-22H,6,9,12,19,23H2,1-5H3. The van der Waals surface area contributed by atoms with E-state index in [1.54, 1.807) is 37.5 Å². The van der Waals surface area contributed by atoms with E-state index in [9.17, 15) is 9.59 Å². The molecule has 0 aliphatic heterocycles. The Morgan fingerprint density at radius 1 is 1.00 bits per heavy atom. The minimum atomic E-state index is -0.412.